The van der Waals surface area contributed by atoms with E-state index in [0.717, 1.165) is 10.0 Å². The van der Waals surface area contributed by atoms with E-state index in [4.69, 9.17) is 5.26 Å². The van der Waals surface area contributed by atoms with Crippen molar-refractivity contribution in [2.24, 2.45) is 0 Å². The van der Waals surface area contributed by atoms with Gasteiger partial charge in [-0.3, -0.25) is 10.1 Å². The number of nitrogens with zero attached hydrogens (tertiary/aromatic N) is 2. The van der Waals surface area contributed by atoms with E-state index in [2.05, 4.69) is 21.2 Å². The largest absolute Gasteiger partial charge is 0.378 e. The molecule has 0 fully saturated rings. The van der Waals surface area contributed by atoms with E-state index in [-0.39, 0.29) is 17.3 Å². The highest BCUT2D eigenvalue weighted by molar-refractivity contribution is 9.10. The number of hydrogen-bond donors (Lipinski definition) is 1. The smallest absolute Gasteiger partial charge is 0.287 e. The first-order chi connectivity index (χ1) is 10.0. The second-order valence-corrected chi connectivity index (χ2v) is 5.43. The normalized spacial score (nSPS) is 11.5. The quantitative estimate of drug-likeness (QED) is 0.657. The molecule has 5 nitrogen and oxygen atoms in total. The fourth-order valence-electron chi connectivity index (χ4n) is 1.96. The van der Waals surface area contributed by atoms with Crippen molar-refractivity contribution in [1.29, 1.82) is 5.26 Å². The first kappa shape index (κ1) is 15.0. The van der Waals surface area contributed by atoms with Crippen molar-refractivity contribution in [2.45, 2.75) is 13.0 Å². The lowest BCUT2D eigenvalue weighted by Crippen LogP contribution is -2.07. The summed E-state index contributed by atoms with van der Waals surface area (Å²) in [5.74, 6) is 0. The van der Waals surface area contributed by atoms with Gasteiger partial charge in [-0.25, -0.2) is 0 Å². The highest BCUT2D eigenvalue weighted by atomic mass is 79.9. The molecule has 106 valence electrons. The maximum atomic E-state index is 10.8. The Morgan fingerprint density at radius 2 is 1.95 bits per heavy atom. The third-order valence-electron chi connectivity index (χ3n) is 3.07. The van der Waals surface area contributed by atoms with Crippen LogP contribution < -0.4 is 5.32 Å². The minimum absolute atomic E-state index is 0.0195. The van der Waals surface area contributed by atoms with Gasteiger partial charge in [0, 0.05) is 22.3 Å². The van der Waals surface area contributed by atoms with Gasteiger partial charge in [0.05, 0.1) is 4.92 Å². The highest BCUT2D eigenvalue weighted by Crippen LogP contribution is 2.25. The van der Waals surface area contributed by atoms with Crippen LogP contribution in [0.1, 0.15) is 24.1 Å². The predicted octanol–water partition coefficient (Wildman–Crippen LogP) is 4.40. The number of rotatable bonds is 4. The fraction of sp³-hybridized carbons (Fsp3) is 0.133. The van der Waals surface area contributed by atoms with E-state index in [1.807, 2.05) is 37.3 Å². The number of nitro benzene ring substituents is 1. The fourth-order valence-corrected chi connectivity index (χ4v) is 2.22. The van der Waals surface area contributed by atoms with E-state index in [1.165, 1.54) is 12.1 Å². The molecule has 0 bridgehead atoms. The van der Waals surface area contributed by atoms with Gasteiger partial charge in [-0.15, -0.1) is 0 Å². The SMILES string of the molecule is CC(Nc1ccc([N+](=O)[O-])c(C#N)c1)c1ccc(Br)cc1. The Hall–Kier alpha value is -2.39. The first-order valence-corrected chi connectivity index (χ1v) is 7.01. The predicted molar refractivity (Wildman–Crippen MR) is 84.0 cm³/mol. The zero-order valence-corrected chi connectivity index (χ0v) is 12.8. The van der Waals surface area contributed by atoms with Crippen molar-refractivity contribution in [3.8, 4) is 6.07 Å². The molecule has 0 aliphatic heterocycles. The summed E-state index contributed by atoms with van der Waals surface area (Å²) in [5.41, 5.74) is 1.62. The molecular formula is C15H12BrN3O2. The van der Waals surface area contributed by atoms with Crippen LogP contribution in [-0.4, -0.2) is 4.92 Å². The number of anilines is 1. The Balaban J connectivity index is 2.22. The number of halogens is 1. The molecule has 0 saturated carbocycles. The molecule has 2 aromatic rings. The van der Waals surface area contributed by atoms with Crippen LogP contribution >= 0.6 is 15.9 Å². The maximum Gasteiger partial charge on any atom is 0.287 e. The minimum atomic E-state index is -0.555. The summed E-state index contributed by atoms with van der Waals surface area (Å²) in [6.07, 6.45) is 0. The molecule has 0 aliphatic carbocycles. The van der Waals surface area contributed by atoms with Gasteiger partial charge in [-0.2, -0.15) is 5.26 Å². The van der Waals surface area contributed by atoms with E-state index in [0.29, 0.717) is 5.69 Å². The molecule has 0 saturated heterocycles. The van der Waals surface area contributed by atoms with E-state index in [1.54, 1.807) is 6.07 Å². The number of nitrogens with one attached hydrogen (secondary N) is 1. The molecule has 2 aromatic carbocycles. The van der Waals surface area contributed by atoms with Gasteiger partial charge in [0.1, 0.15) is 11.6 Å². The molecular weight excluding hydrogens is 334 g/mol. The number of benzene rings is 2. The second kappa shape index (κ2) is 6.37. The summed E-state index contributed by atoms with van der Waals surface area (Å²) in [7, 11) is 0. The van der Waals surface area contributed by atoms with Crippen molar-refractivity contribution in [3.63, 3.8) is 0 Å². The molecule has 1 atom stereocenters. The summed E-state index contributed by atoms with van der Waals surface area (Å²) in [5, 5.41) is 23.0. The molecule has 0 aliphatic rings. The minimum Gasteiger partial charge on any atom is -0.378 e. The topological polar surface area (TPSA) is 79.0 Å². The van der Waals surface area contributed by atoms with E-state index < -0.39 is 4.92 Å². The van der Waals surface area contributed by atoms with Gasteiger partial charge in [0.25, 0.3) is 5.69 Å². The first-order valence-electron chi connectivity index (χ1n) is 6.22. The van der Waals surface area contributed by atoms with Crippen LogP contribution in [0.2, 0.25) is 0 Å². The zero-order valence-electron chi connectivity index (χ0n) is 11.2. The van der Waals surface area contributed by atoms with Crippen LogP contribution in [0.3, 0.4) is 0 Å². The lowest BCUT2D eigenvalue weighted by molar-refractivity contribution is -0.385. The summed E-state index contributed by atoms with van der Waals surface area (Å²) in [4.78, 5) is 10.2. The third kappa shape index (κ3) is 3.58. The Labute approximate surface area is 130 Å². The average Bonchev–Trinajstić information content (AvgIpc) is 2.47. The highest BCUT2D eigenvalue weighted by Gasteiger charge is 2.14. The Morgan fingerprint density at radius 3 is 2.52 bits per heavy atom. The lowest BCUT2D eigenvalue weighted by atomic mass is 10.1. The summed E-state index contributed by atoms with van der Waals surface area (Å²) in [6, 6.07) is 14.2. The number of nitro groups is 1. The zero-order chi connectivity index (χ0) is 15.4. The van der Waals surface area contributed by atoms with Crippen molar-refractivity contribution < 1.29 is 4.92 Å². The molecule has 0 radical (unpaired) electrons. The third-order valence-corrected chi connectivity index (χ3v) is 3.60. The molecule has 2 rings (SSSR count). The molecule has 0 amide bonds. The van der Waals surface area contributed by atoms with Gasteiger partial charge in [0.2, 0.25) is 0 Å². The summed E-state index contributed by atoms with van der Waals surface area (Å²) in [6.45, 7) is 1.98. The molecule has 1 unspecified atom stereocenters. The standard InChI is InChI=1S/C15H12BrN3O2/c1-10(11-2-4-13(16)5-3-11)18-14-6-7-15(19(20)21)12(8-14)9-17/h2-8,10,18H,1H3. The molecule has 0 spiro atoms. The van der Waals surface area contributed by atoms with Crippen molar-refractivity contribution in [2.75, 3.05) is 5.32 Å². The Morgan fingerprint density at radius 1 is 1.29 bits per heavy atom. The van der Waals surface area contributed by atoms with Gasteiger partial charge in [-0.1, -0.05) is 28.1 Å². The van der Waals surface area contributed by atoms with E-state index >= 15 is 0 Å². The van der Waals surface area contributed by atoms with Gasteiger partial charge in [0.15, 0.2) is 0 Å². The molecule has 6 heteroatoms. The van der Waals surface area contributed by atoms with Crippen LogP contribution in [0.25, 0.3) is 0 Å². The van der Waals surface area contributed by atoms with Crippen molar-refractivity contribution in [3.05, 3.63) is 68.2 Å². The molecule has 0 heterocycles. The van der Waals surface area contributed by atoms with E-state index in [9.17, 15) is 10.1 Å². The van der Waals surface area contributed by atoms with Crippen LogP contribution in [0.15, 0.2) is 46.9 Å². The molecule has 0 aromatic heterocycles. The summed E-state index contributed by atoms with van der Waals surface area (Å²) >= 11 is 3.38. The monoisotopic (exact) mass is 345 g/mol. The van der Waals surface area contributed by atoms with Gasteiger partial charge >= 0.3 is 0 Å². The second-order valence-electron chi connectivity index (χ2n) is 4.52. The van der Waals surface area contributed by atoms with Crippen LogP contribution in [0, 0.1) is 21.4 Å². The van der Waals surface area contributed by atoms with Gasteiger partial charge < -0.3 is 5.32 Å². The molecule has 21 heavy (non-hydrogen) atoms. The Bertz CT molecular complexity index is 708. The maximum absolute atomic E-state index is 10.8. The average molecular weight is 346 g/mol. The molecule has 1 N–H and O–H groups in total. The van der Waals surface area contributed by atoms with Crippen molar-refractivity contribution in [1.82, 2.24) is 0 Å². The van der Waals surface area contributed by atoms with Gasteiger partial charge in [-0.05, 0) is 36.8 Å². The van der Waals surface area contributed by atoms with Crippen molar-refractivity contribution >= 4 is 27.3 Å². The van der Waals surface area contributed by atoms with Crippen LogP contribution in [0.5, 0.6) is 0 Å². The van der Waals surface area contributed by atoms with Crippen LogP contribution in [-0.2, 0) is 0 Å². The Kier molecular flexibility index (Phi) is 4.55. The lowest BCUT2D eigenvalue weighted by Gasteiger charge is -2.16. The number of hydrogen-bond acceptors (Lipinski definition) is 4. The number of nitriles is 1. The van der Waals surface area contributed by atoms with Crippen LogP contribution in [0.4, 0.5) is 11.4 Å². The summed E-state index contributed by atoms with van der Waals surface area (Å²) < 4.78 is 1.00.